The van der Waals surface area contributed by atoms with Gasteiger partial charge in [0.15, 0.2) is 0 Å². The van der Waals surface area contributed by atoms with Crippen LogP contribution >= 0.6 is 7.92 Å². The molecule has 170 valence electrons. The molecule has 0 aromatic heterocycles. The molecular formula is C30H39OP. The summed E-state index contributed by atoms with van der Waals surface area (Å²) in [7, 11) is -0.544. The Bertz CT molecular complexity index is 806. The lowest BCUT2D eigenvalue weighted by Crippen LogP contribution is -2.20. The fraction of sp³-hybridized carbons (Fsp3) is 0.400. The molecule has 0 aliphatic carbocycles. The van der Waals surface area contributed by atoms with Gasteiger partial charge in [-0.3, -0.25) is 0 Å². The van der Waals surface area contributed by atoms with E-state index in [1.807, 2.05) is 0 Å². The highest BCUT2D eigenvalue weighted by atomic mass is 31.1. The number of hydrogen-bond donors (Lipinski definition) is 0. The average Bonchev–Trinajstić information content (AvgIpc) is 2.85. The minimum Gasteiger partial charge on any atom is -0.494 e. The molecule has 3 aromatic carbocycles. The summed E-state index contributed by atoms with van der Waals surface area (Å²) in [6.07, 6.45) is 13.5. The average molecular weight is 447 g/mol. The zero-order chi connectivity index (χ0) is 22.3. The Morgan fingerprint density at radius 3 is 1.44 bits per heavy atom. The van der Waals surface area contributed by atoms with Crippen molar-refractivity contribution in [2.45, 2.75) is 71.1 Å². The van der Waals surface area contributed by atoms with Gasteiger partial charge in [0.1, 0.15) is 5.75 Å². The van der Waals surface area contributed by atoms with E-state index in [4.69, 9.17) is 4.74 Å². The first kappa shape index (κ1) is 24.5. The maximum Gasteiger partial charge on any atom is 0.119 e. The van der Waals surface area contributed by atoms with Gasteiger partial charge in [-0.1, -0.05) is 138 Å². The molecule has 2 heteroatoms. The van der Waals surface area contributed by atoms with E-state index in [2.05, 4.69) is 91.9 Å². The third-order valence-electron chi connectivity index (χ3n) is 5.89. The van der Waals surface area contributed by atoms with Crippen molar-refractivity contribution in [2.24, 2.45) is 0 Å². The van der Waals surface area contributed by atoms with Crippen molar-refractivity contribution in [3.05, 3.63) is 84.9 Å². The minimum absolute atomic E-state index is 0.544. The number of ether oxygens (including phenoxy) is 1. The van der Waals surface area contributed by atoms with Crippen molar-refractivity contribution in [3.63, 3.8) is 0 Å². The van der Waals surface area contributed by atoms with Crippen molar-refractivity contribution in [1.29, 1.82) is 0 Å². The molecule has 0 spiro atoms. The van der Waals surface area contributed by atoms with Crippen LogP contribution < -0.4 is 20.7 Å². The highest BCUT2D eigenvalue weighted by Gasteiger charge is 2.15. The van der Waals surface area contributed by atoms with E-state index in [1.165, 1.54) is 73.7 Å². The van der Waals surface area contributed by atoms with Crippen LogP contribution in [-0.4, -0.2) is 6.61 Å². The van der Waals surface area contributed by atoms with Crippen LogP contribution in [-0.2, 0) is 0 Å². The maximum atomic E-state index is 6.03. The molecule has 0 N–H and O–H groups in total. The number of unbranched alkanes of at least 4 members (excludes halogenated alkanes) is 9. The normalized spacial score (nSPS) is 11.1. The van der Waals surface area contributed by atoms with E-state index < -0.39 is 7.92 Å². The summed E-state index contributed by atoms with van der Waals surface area (Å²) >= 11 is 0. The van der Waals surface area contributed by atoms with Gasteiger partial charge in [-0.25, -0.2) is 0 Å². The highest BCUT2D eigenvalue weighted by Crippen LogP contribution is 2.33. The molecule has 3 aromatic rings. The molecule has 3 rings (SSSR count). The molecule has 0 saturated heterocycles. The number of benzene rings is 3. The number of rotatable bonds is 15. The molecule has 0 amide bonds. The molecule has 32 heavy (non-hydrogen) atoms. The SMILES string of the molecule is CCCCCCCCCCCCOc1ccc(P(c2ccccc2)c2ccccc2)cc1. The van der Waals surface area contributed by atoms with Crippen LogP contribution in [0, 0.1) is 0 Å². The molecule has 1 nitrogen and oxygen atoms in total. The summed E-state index contributed by atoms with van der Waals surface area (Å²) in [4.78, 5) is 0. The molecular weight excluding hydrogens is 407 g/mol. The van der Waals surface area contributed by atoms with E-state index >= 15 is 0 Å². The standard InChI is InChI=1S/C30H39OP/c1-2-3-4-5-6-7-8-9-10-17-26-31-27-22-24-30(25-23-27)32(28-18-13-11-14-19-28)29-20-15-12-16-21-29/h11-16,18-25H,2-10,17,26H2,1H3. The molecule has 0 radical (unpaired) electrons. The van der Waals surface area contributed by atoms with Crippen LogP contribution in [0.15, 0.2) is 84.9 Å². The maximum absolute atomic E-state index is 6.03. The van der Waals surface area contributed by atoms with Gasteiger partial charge < -0.3 is 4.74 Å². The monoisotopic (exact) mass is 446 g/mol. The second-order valence-electron chi connectivity index (χ2n) is 8.53. The first-order valence-corrected chi connectivity index (χ1v) is 13.9. The fourth-order valence-corrected chi connectivity index (χ4v) is 6.35. The second-order valence-corrected chi connectivity index (χ2v) is 10.8. The van der Waals surface area contributed by atoms with Gasteiger partial charge in [0.25, 0.3) is 0 Å². The predicted octanol–water partition coefficient (Wildman–Crippen LogP) is 7.74. The van der Waals surface area contributed by atoms with Crippen molar-refractivity contribution >= 4 is 23.8 Å². The fourth-order valence-electron chi connectivity index (χ4n) is 4.07. The molecule has 0 aliphatic heterocycles. The first-order chi connectivity index (χ1) is 15.9. The molecule has 0 unspecified atom stereocenters. The summed E-state index contributed by atoms with van der Waals surface area (Å²) in [5, 5.41) is 4.13. The molecule has 0 bridgehead atoms. The quantitative estimate of drug-likeness (QED) is 0.171. The van der Waals surface area contributed by atoms with Gasteiger partial charge in [-0.05, 0) is 42.4 Å². The van der Waals surface area contributed by atoms with Gasteiger partial charge in [0, 0.05) is 0 Å². The predicted molar refractivity (Wildman–Crippen MR) is 142 cm³/mol. The van der Waals surface area contributed by atoms with Gasteiger partial charge in [-0.15, -0.1) is 0 Å². The summed E-state index contributed by atoms with van der Waals surface area (Å²) < 4.78 is 6.03. The van der Waals surface area contributed by atoms with Crippen molar-refractivity contribution in [3.8, 4) is 5.75 Å². The van der Waals surface area contributed by atoms with E-state index in [9.17, 15) is 0 Å². The van der Waals surface area contributed by atoms with Crippen LogP contribution in [0.3, 0.4) is 0 Å². The van der Waals surface area contributed by atoms with Crippen LogP contribution in [0.1, 0.15) is 71.1 Å². The molecule has 0 saturated carbocycles. The lowest BCUT2D eigenvalue weighted by atomic mass is 10.1. The lowest BCUT2D eigenvalue weighted by Gasteiger charge is -2.19. The molecule has 0 fully saturated rings. The van der Waals surface area contributed by atoms with Gasteiger partial charge in [0.2, 0.25) is 0 Å². The van der Waals surface area contributed by atoms with Crippen LogP contribution in [0.25, 0.3) is 0 Å². The van der Waals surface area contributed by atoms with E-state index in [0.717, 1.165) is 18.8 Å². The molecule has 0 atom stereocenters. The Kier molecular flexibility index (Phi) is 11.4. The second kappa shape index (κ2) is 14.9. The summed E-state index contributed by atoms with van der Waals surface area (Å²) in [5.41, 5.74) is 0. The van der Waals surface area contributed by atoms with E-state index in [-0.39, 0.29) is 0 Å². The Hall–Kier alpha value is -2.11. The summed E-state index contributed by atoms with van der Waals surface area (Å²) in [6, 6.07) is 30.5. The van der Waals surface area contributed by atoms with Crippen LogP contribution in [0.4, 0.5) is 0 Å². The molecule has 0 aliphatic rings. The summed E-state index contributed by atoms with van der Waals surface area (Å²) in [6.45, 7) is 3.10. The largest absolute Gasteiger partial charge is 0.494 e. The van der Waals surface area contributed by atoms with Gasteiger partial charge in [0.05, 0.1) is 6.61 Å². The van der Waals surface area contributed by atoms with Crippen LogP contribution in [0.2, 0.25) is 0 Å². The Morgan fingerprint density at radius 2 is 0.938 bits per heavy atom. The zero-order valence-corrected chi connectivity index (χ0v) is 20.6. The summed E-state index contributed by atoms with van der Waals surface area (Å²) in [5.74, 6) is 0.987. The van der Waals surface area contributed by atoms with Crippen molar-refractivity contribution < 1.29 is 4.74 Å². The Morgan fingerprint density at radius 1 is 0.500 bits per heavy atom. The van der Waals surface area contributed by atoms with Crippen molar-refractivity contribution in [1.82, 2.24) is 0 Å². The zero-order valence-electron chi connectivity index (χ0n) is 19.7. The number of hydrogen-bond acceptors (Lipinski definition) is 1. The Balaban J connectivity index is 1.43. The van der Waals surface area contributed by atoms with Gasteiger partial charge >= 0.3 is 0 Å². The van der Waals surface area contributed by atoms with E-state index in [1.54, 1.807) is 0 Å². The van der Waals surface area contributed by atoms with Gasteiger partial charge in [-0.2, -0.15) is 0 Å². The Labute approximate surface area is 197 Å². The van der Waals surface area contributed by atoms with Crippen molar-refractivity contribution in [2.75, 3.05) is 6.61 Å². The third-order valence-corrected chi connectivity index (χ3v) is 8.33. The van der Waals surface area contributed by atoms with E-state index in [0.29, 0.717) is 0 Å². The smallest absolute Gasteiger partial charge is 0.119 e. The lowest BCUT2D eigenvalue weighted by molar-refractivity contribution is 0.304. The van der Waals surface area contributed by atoms with Crippen LogP contribution in [0.5, 0.6) is 5.75 Å². The first-order valence-electron chi connectivity index (χ1n) is 12.5. The third kappa shape index (κ3) is 8.44. The molecule has 0 heterocycles. The highest BCUT2D eigenvalue weighted by molar-refractivity contribution is 7.79. The topological polar surface area (TPSA) is 9.23 Å². The minimum atomic E-state index is -0.544.